The molecular formula is C75H58BrN3O. The average Bonchev–Trinajstić information content (AvgIpc) is 4.22. The minimum atomic E-state index is -0.220. The van der Waals surface area contributed by atoms with Gasteiger partial charge in [-0.05, 0) is 157 Å². The van der Waals surface area contributed by atoms with Crippen molar-refractivity contribution in [2.45, 2.75) is 45.6 Å². The van der Waals surface area contributed by atoms with Crippen molar-refractivity contribution >= 4 is 82.7 Å². The van der Waals surface area contributed by atoms with Crippen LogP contribution in [0.4, 0.5) is 17.1 Å². The predicted octanol–water partition coefficient (Wildman–Crippen LogP) is 20.5. The van der Waals surface area contributed by atoms with E-state index >= 15 is 0 Å². The summed E-state index contributed by atoms with van der Waals surface area (Å²) in [4.78, 5) is 2.41. The number of fused-ring (bicyclic) bond motifs is 9. The number of ether oxygens (including phenoxy) is 1. The molecule has 14 rings (SSSR count). The molecule has 4 nitrogen and oxygen atoms in total. The lowest BCUT2D eigenvalue weighted by atomic mass is 9.82. The highest BCUT2D eigenvalue weighted by Gasteiger charge is 2.36. The largest absolute Gasteiger partial charge is 0.372 e. The third kappa shape index (κ3) is 8.84. The zero-order valence-electron chi connectivity index (χ0n) is 44.9. The van der Waals surface area contributed by atoms with E-state index < -0.39 is 0 Å². The molecule has 0 N–H and O–H groups in total. The van der Waals surface area contributed by atoms with Crippen molar-refractivity contribution in [1.82, 2.24) is 9.13 Å². The van der Waals surface area contributed by atoms with Gasteiger partial charge in [-0.15, -0.1) is 0 Å². The van der Waals surface area contributed by atoms with E-state index in [9.17, 15) is 0 Å². The molecule has 13 aromatic rings. The first-order valence-corrected chi connectivity index (χ1v) is 28.5. The zero-order chi connectivity index (χ0) is 53.9. The van der Waals surface area contributed by atoms with Crippen LogP contribution in [0, 0.1) is 0 Å². The molecule has 1 aliphatic rings. The molecule has 0 spiro atoms. The van der Waals surface area contributed by atoms with Gasteiger partial charge in [-0.2, -0.15) is 0 Å². The maximum absolute atomic E-state index is 6.26. The van der Waals surface area contributed by atoms with Gasteiger partial charge in [-0.3, -0.25) is 0 Å². The second kappa shape index (κ2) is 20.3. The lowest BCUT2D eigenvalue weighted by molar-refractivity contribution is 0.107. The van der Waals surface area contributed by atoms with E-state index in [0.717, 1.165) is 45.8 Å². The first-order valence-electron chi connectivity index (χ1n) is 27.7. The van der Waals surface area contributed by atoms with E-state index in [1.807, 2.05) is 6.08 Å². The Bertz CT molecular complexity index is 4470. The molecule has 2 heterocycles. The van der Waals surface area contributed by atoms with Crippen molar-refractivity contribution in [2.75, 3.05) is 4.90 Å². The van der Waals surface area contributed by atoms with Gasteiger partial charge in [0.1, 0.15) is 0 Å². The summed E-state index contributed by atoms with van der Waals surface area (Å²) in [6.45, 7) is 11.4. The molecule has 0 saturated heterocycles. The highest BCUT2D eigenvalue weighted by molar-refractivity contribution is 9.10. The summed E-state index contributed by atoms with van der Waals surface area (Å²) < 4.78 is 12.4. The number of anilines is 3. The van der Waals surface area contributed by atoms with Gasteiger partial charge in [-0.25, -0.2) is 0 Å². The molecule has 386 valence electrons. The molecule has 80 heavy (non-hydrogen) atoms. The quantitative estimate of drug-likeness (QED) is 0.108. The fourth-order valence-electron chi connectivity index (χ4n) is 12.5. The van der Waals surface area contributed by atoms with Crippen LogP contribution in [0.5, 0.6) is 0 Å². The Balaban J connectivity index is 0.772. The van der Waals surface area contributed by atoms with Crippen molar-refractivity contribution < 1.29 is 4.74 Å². The summed E-state index contributed by atoms with van der Waals surface area (Å²) >= 11 is 3.61. The van der Waals surface area contributed by atoms with Gasteiger partial charge >= 0.3 is 0 Å². The maximum atomic E-state index is 6.26. The van der Waals surface area contributed by atoms with E-state index in [1.165, 1.54) is 105 Å². The van der Waals surface area contributed by atoms with Gasteiger partial charge in [-0.1, -0.05) is 206 Å². The number of aromatic nitrogens is 2. The minimum absolute atomic E-state index is 0.220. The van der Waals surface area contributed by atoms with Crippen molar-refractivity contribution in [3.8, 4) is 44.5 Å². The Morgan fingerprint density at radius 3 is 1.43 bits per heavy atom. The average molecular weight is 1100 g/mol. The van der Waals surface area contributed by atoms with Gasteiger partial charge in [0.15, 0.2) is 0 Å². The van der Waals surface area contributed by atoms with Crippen LogP contribution in [0.1, 0.15) is 41.7 Å². The van der Waals surface area contributed by atoms with E-state index in [2.05, 4.69) is 299 Å². The van der Waals surface area contributed by atoms with Gasteiger partial charge in [0.2, 0.25) is 0 Å². The molecule has 0 aliphatic heterocycles. The van der Waals surface area contributed by atoms with Crippen LogP contribution in [-0.2, 0) is 36.5 Å². The Morgan fingerprint density at radius 2 is 0.850 bits per heavy atom. The topological polar surface area (TPSA) is 22.3 Å². The molecule has 0 saturated carbocycles. The Labute approximate surface area is 476 Å². The number of hydrogen-bond donors (Lipinski definition) is 0. The molecule has 0 bridgehead atoms. The summed E-state index contributed by atoms with van der Waals surface area (Å²) in [6, 6.07) is 91.4. The van der Waals surface area contributed by atoms with Crippen LogP contribution in [0.2, 0.25) is 0 Å². The van der Waals surface area contributed by atoms with E-state index in [-0.39, 0.29) is 5.41 Å². The third-order valence-electron chi connectivity index (χ3n) is 16.7. The minimum Gasteiger partial charge on any atom is -0.372 e. The van der Waals surface area contributed by atoms with Crippen molar-refractivity contribution in [1.29, 1.82) is 0 Å². The number of nitrogens with zero attached hydrogens (tertiary/aromatic N) is 3. The number of aryl methyl sites for hydroxylation is 2. The van der Waals surface area contributed by atoms with E-state index in [4.69, 9.17) is 4.74 Å². The van der Waals surface area contributed by atoms with Crippen molar-refractivity contribution in [3.05, 3.63) is 288 Å². The molecule has 0 radical (unpaired) electrons. The second-order valence-electron chi connectivity index (χ2n) is 21.8. The lowest BCUT2D eigenvalue weighted by Crippen LogP contribution is -2.17. The molecule has 0 atom stereocenters. The van der Waals surface area contributed by atoms with E-state index in [1.54, 1.807) is 0 Å². The van der Waals surface area contributed by atoms with Crippen LogP contribution >= 0.6 is 15.9 Å². The number of para-hydroxylation sites is 2. The summed E-state index contributed by atoms with van der Waals surface area (Å²) in [5.41, 5.74) is 24.0. The van der Waals surface area contributed by atoms with Gasteiger partial charge in [0, 0.05) is 83.7 Å². The monoisotopic (exact) mass is 1100 g/mol. The number of halogens is 1. The first-order chi connectivity index (χ1) is 39.2. The summed E-state index contributed by atoms with van der Waals surface area (Å²) in [5.74, 6) is 0. The van der Waals surface area contributed by atoms with Crippen LogP contribution in [0.3, 0.4) is 0 Å². The Kier molecular flexibility index (Phi) is 12.5. The highest BCUT2D eigenvalue weighted by atomic mass is 79.9. The van der Waals surface area contributed by atoms with E-state index in [0.29, 0.717) is 13.2 Å². The van der Waals surface area contributed by atoms with Gasteiger partial charge in [0.25, 0.3) is 0 Å². The molecule has 5 heteroatoms. The number of hydrogen-bond acceptors (Lipinski definition) is 2. The summed E-state index contributed by atoms with van der Waals surface area (Å²) in [7, 11) is 0. The SMILES string of the molecule is C=Cc1ccc(COCc2ccc3c(c2)C(C)(C)c2cc(N(c4ccc(-c5ccccc5)cc4)c4ccc(-c5ccc6c(c5)c5ccccc5n6CCn5c6ccccc6c6cc(-c7ccc(Br)cc7)ccc65)cc4)ccc2-3)cc1. The standard InChI is InChI=1S/C75H58BrN3O/c1-4-50-18-20-51(21-19-50)48-80-49-52-22-38-63-64-39-37-62(47-70(64)75(2,3)69(63)44-52)79(60-33-25-54(26-34-60)53-12-6-5-7-13-53)61-35-27-56(28-36-61)58-30-41-74-68(46-58)66-15-9-11-17-72(66)78(74)43-42-77-71-16-10-8-14-65(71)67-45-57(29-40-73(67)77)55-23-31-59(76)32-24-55/h4-41,44-47H,1,42-43,48-49H2,2-3H3. The summed E-state index contributed by atoms with van der Waals surface area (Å²) in [6.07, 6.45) is 1.87. The molecule has 11 aromatic carbocycles. The molecule has 1 aliphatic carbocycles. The second-order valence-corrected chi connectivity index (χ2v) is 22.7. The molecule has 0 fully saturated rings. The molecular weight excluding hydrogens is 1040 g/mol. The van der Waals surface area contributed by atoms with Crippen molar-refractivity contribution in [2.24, 2.45) is 0 Å². The molecule has 2 aromatic heterocycles. The van der Waals surface area contributed by atoms with Crippen LogP contribution in [0.25, 0.3) is 94.2 Å². The molecule has 0 unspecified atom stereocenters. The number of rotatable bonds is 14. The zero-order valence-corrected chi connectivity index (χ0v) is 46.5. The van der Waals surface area contributed by atoms with Gasteiger partial charge in [0.05, 0.1) is 13.2 Å². The fourth-order valence-corrected chi connectivity index (χ4v) is 12.8. The maximum Gasteiger partial charge on any atom is 0.0721 e. The van der Waals surface area contributed by atoms with Crippen LogP contribution in [0.15, 0.2) is 260 Å². The van der Waals surface area contributed by atoms with Crippen molar-refractivity contribution in [3.63, 3.8) is 0 Å². The fraction of sp³-hybridized carbons (Fsp3) is 0.0933. The smallest absolute Gasteiger partial charge is 0.0721 e. The lowest BCUT2D eigenvalue weighted by Gasteiger charge is -2.28. The summed E-state index contributed by atoms with van der Waals surface area (Å²) in [5, 5.41) is 5.10. The van der Waals surface area contributed by atoms with Gasteiger partial charge < -0.3 is 18.8 Å². The highest BCUT2D eigenvalue weighted by Crippen LogP contribution is 2.51. The van der Waals surface area contributed by atoms with Crippen LogP contribution < -0.4 is 4.90 Å². The predicted molar refractivity (Wildman–Crippen MR) is 340 cm³/mol. The third-order valence-corrected chi connectivity index (χ3v) is 17.2. The number of benzene rings is 11. The Hall–Kier alpha value is -9.00. The molecule has 0 amide bonds. The van der Waals surface area contributed by atoms with Crippen LogP contribution in [-0.4, -0.2) is 9.13 Å². The first kappa shape index (κ1) is 49.3. The normalized spacial score (nSPS) is 12.6. The Morgan fingerprint density at radius 1 is 0.412 bits per heavy atom.